The molecule has 0 saturated carbocycles. The van der Waals surface area contributed by atoms with Crippen molar-refractivity contribution in [3.63, 3.8) is 0 Å². The number of aromatic nitrogens is 3. The average molecular weight is 253 g/mol. The molecule has 5 nitrogen and oxygen atoms in total. The first-order chi connectivity index (χ1) is 7.88. The van der Waals surface area contributed by atoms with Gasteiger partial charge in [-0.25, -0.2) is 0 Å². The minimum absolute atomic E-state index is 0.279. The molecule has 6 heteroatoms. The molecule has 1 atom stereocenters. The molecule has 0 saturated heterocycles. The summed E-state index contributed by atoms with van der Waals surface area (Å²) in [5, 5.41) is 21.4. The minimum atomic E-state index is -0.543. The zero-order valence-corrected chi connectivity index (χ0v) is 11.8. The summed E-state index contributed by atoms with van der Waals surface area (Å²) < 4.78 is 1.93. The maximum Gasteiger partial charge on any atom is 0.191 e. The van der Waals surface area contributed by atoms with Gasteiger partial charge in [0.1, 0.15) is 11.4 Å². The van der Waals surface area contributed by atoms with E-state index in [1.807, 2.05) is 39.3 Å². The van der Waals surface area contributed by atoms with Crippen molar-refractivity contribution in [2.24, 2.45) is 7.05 Å². The van der Waals surface area contributed by atoms with Crippen LogP contribution in [0, 0.1) is 18.3 Å². The summed E-state index contributed by atoms with van der Waals surface area (Å²) in [5.74, 6) is 1.52. The van der Waals surface area contributed by atoms with Crippen LogP contribution in [-0.2, 0) is 7.05 Å². The highest BCUT2D eigenvalue weighted by Gasteiger charge is 2.25. The van der Waals surface area contributed by atoms with Gasteiger partial charge in [-0.3, -0.25) is 5.32 Å². The van der Waals surface area contributed by atoms with Crippen molar-refractivity contribution in [3.05, 3.63) is 5.82 Å². The Morgan fingerprint density at radius 3 is 2.59 bits per heavy atom. The Bertz CT molecular complexity index is 420. The summed E-state index contributed by atoms with van der Waals surface area (Å²) in [6, 6.07) is 2.60. The lowest BCUT2D eigenvalue weighted by atomic mass is 10.1. The normalized spacial score (nSPS) is 14.6. The quantitative estimate of drug-likeness (QED) is 0.805. The molecule has 1 rings (SSSR count). The lowest BCUT2D eigenvalue weighted by Gasteiger charge is -2.25. The molecule has 0 bridgehead atoms. The number of hydrogen-bond donors (Lipinski definition) is 1. The second-order valence-electron chi connectivity index (χ2n) is 4.62. The zero-order chi connectivity index (χ0) is 13.1. The van der Waals surface area contributed by atoms with Crippen molar-refractivity contribution in [2.75, 3.05) is 5.75 Å². The maximum atomic E-state index is 9.22. The summed E-state index contributed by atoms with van der Waals surface area (Å²) in [6.45, 7) is 7.88. The predicted octanol–water partition coefficient (Wildman–Crippen LogP) is 1.50. The van der Waals surface area contributed by atoms with Crippen LogP contribution >= 0.6 is 11.8 Å². The highest BCUT2D eigenvalue weighted by Crippen LogP contribution is 2.21. The van der Waals surface area contributed by atoms with E-state index in [1.165, 1.54) is 0 Å². The third-order valence-electron chi connectivity index (χ3n) is 2.40. The van der Waals surface area contributed by atoms with Gasteiger partial charge in [0.05, 0.1) is 6.07 Å². The molecule has 0 aliphatic rings. The van der Waals surface area contributed by atoms with Gasteiger partial charge in [0.15, 0.2) is 5.16 Å². The van der Waals surface area contributed by atoms with Gasteiger partial charge in [0, 0.05) is 18.8 Å². The van der Waals surface area contributed by atoms with Gasteiger partial charge in [0.25, 0.3) is 0 Å². The molecule has 0 radical (unpaired) electrons. The van der Waals surface area contributed by atoms with Gasteiger partial charge >= 0.3 is 0 Å². The van der Waals surface area contributed by atoms with E-state index >= 15 is 0 Å². The number of nitriles is 1. The molecule has 1 unspecified atom stereocenters. The van der Waals surface area contributed by atoms with Crippen LogP contribution in [0.2, 0.25) is 0 Å². The fraction of sp³-hybridized carbons (Fsp3) is 0.727. The lowest BCUT2D eigenvalue weighted by molar-refractivity contribution is 0.443. The molecule has 17 heavy (non-hydrogen) atoms. The molecular formula is C11H19N5S. The molecular weight excluding hydrogens is 234 g/mol. The summed E-state index contributed by atoms with van der Waals surface area (Å²) in [6.07, 6.45) is 0. The fourth-order valence-corrected chi connectivity index (χ4v) is 2.46. The summed E-state index contributed by atoms with van der Waals surface area (Å²) in [5.41, 5.74) is -0.543. The number of aryl methyl sites for hydroxylation is 1. The van der Waals surface area contributed by atoms with Gasteiger partial charge in [-0.1, -0.05) is 11.8 Å². The Kier molecular flexibility index (Phi) is 4.54. The Labute approximate surface area is 107 Å². The first kappa shape index (κ1) is 14.0. The molecule has 1 aromatic rings. The summed E-state index contributed by atoms with van der Waals surface area (Å²) in [4.78, 5) is 0. The Morgan fingerprint density at radius 2 is 2.18 bits per heavy atom. The van der Waals surface area contributed by atoms with Crippen molar-refractivity contribution in [2.45, 2.75) is 44.4 Å². The highest BCUT2D eigenvalue weighted by molar-refractivity contribution is 7.99. The monoisotopic (exact) mass is 253 g/mol. The third-order valence-corrected chi connectivity index (χ3v) is 3.73. The van der Waals surface area contributed by atoms with Gasteiger partial charge in [-0.2, -0.15) is 5.26 Å². The van der Waals surface area contributed by atoms with Crippen molar-refractivity contribution in [1.29, 1.82) is 5.26 Å². The van der Waals surface area contributed by atoms with E-state index < -0.39 is 5.54 Å². The van der Waals surface area contributed by atoms with Crippen LogP contribution in [0.3, 0.4) is 0 Å². The van der Waals surface area contributed by atoms with E-state index in [0.29, 0.717) is 5.75 Å². The number of nitrogens with zero attached hydrogens (tertiary/aromatic N) is 4. The van der Waals surface area contributed by atoms with Crippen molar-refractivity contribution >= 4 is 11.8 Å². The minimum Gasteiger partial charge on any atom is -0.309 e. The molecule has 0 spiro atoms. The zero-order valence-electron chi connectivity index (χ0n) is 11.0. The van der Waals surface area contributed by atoms with E-state index in [-0.39, 0.29) is 6.04 Å². The lowest BCUT2D eigenvalue weighted by Crippen LogP contribution is -2.47. The second-order valence-corrected chi connectivity index (χ2v) is 5.56. The average Bonchev–Trinajstić information content (AvgIpc) is 2.56. The maximum absolute atomic E-state index is 9.22. The van der Waals surface area contributed by atoms with E-state index in [1.54, 1.807) is 11.8 Å². The largest absolute Gasteiger partial charge is 0.309 e. The smallest absolute Gasteiger partial charge is 0.191 e. The first-order valence-electron chi connectivity index (χ1n) is 5.55. The van der Waals surface area contributed by atoms with E-state index in [4.69, 9.17) is 0 Å². The molecule has 1 N–H and O–H groups in total. The summed E-state index contributed by atoms with van der Waals surface area (Å²) in [7, 11) is 1.93. The Balaban J connectivity index is 2.66. The number of thioether (sulfide) groups is 1. The van der Waals surface area contributed by atoms with Crippen LogP contribution in [-0.4, -0.2) is 32.1 Å². The molecule has 0 aliphatic carbocycles. The second kappa shape index (κ2) is 5.52. The predicted molar refractivity (Wildman–Crippen MR) is 68.8 cm³/mol. The van der Waals surface area contributed by atoms with Crippen LogP contribution in [0.5, 0.6) is 0 Å². The van der Waals surface area contributed by atoms with Crippen LogP contribution in [0.4, 0.5) is 0 Å². The van der Waals surface area contributed by atoms with Crippen LogP contribution in [0.25, 0.3) is 0 Å². The van der Waals surface area contributed by atoms with Crippen LogP contribution < -0.4 is 5.32 Å². The molecule has 0 fully saturated rings. The van der Waals surface area contributed by atoms with Crippen molar-refractivity contribution in [1.82, 2.24) is 20.1 Å². The van der Waals surface area contributed by atoms with Gasteiger partial charge in [-0.15, -0.1) is 10.2 Å². The Morgan fingerprint density at radius 1 is 1.53 bits per heavy atom. The SMILES string of the molecule is Cc1nnc(SCC(C)(C#N)NC(C)C)n1C. The van der Waals surface area contributed by atoms with Crippen LogP contribution in [0.1, 0.15) is 26.6 Å². The van der Waals surface area contributed by atoms with Crippen molar-refractivity contribution in [3.8, 4) is 6.07 Å². The molecule has 94 valence electrons. The number of nitrogens with one attached hydrogen (secondary N) is 1. The fourth-order valence-electron chi connectivity index (χ4n) is 1.47. The third kappa shape index (κ3) is 3.72. The molecule has 1 aromatic heterocycles. The first-order valence-corrected chi connectivity index (χ1v) is 6.54. The molecule has 0 amide bonds. The standard InChI is InChI=1S/C11H19N5S/c1-8(2)13-11(4,6-12)7-17-10-15-14-9(3)16(10)5/h8,13H,7H2,1-5H3. The Hall–Kier alpha value is -1.06. The van der Waals surface area contributed by atoms with Crippen LogP contribution in [0.15, 0.2) is 5.16 Å². The van der Waals surface area contributed by atoms with Crippen molar-refractivity contribution < 1.29 is 0 Å². The van der Waals surface area contributed by atoms with E-state index in [2.05, 4.69) is 21.6 Å². The number of hydrogen-bond acceptors (Lipinski definition) is 5. The van der Waals surface area contributed by atoms with Gasteiger partial charge < -0.3 is 4.57 Å². The van der Waals surface area contributed by atoms with E-state index in [0.717, 1.165) is 11.0 Å². The topological polar surface area (TPSA) is 66.5 Å². The van der Waals surface area contributed by atoms with Gasteiger partial charge in [0.2, 0.25) is 0 Å². The molecule has 0 aromatic carbocycles. The number of rotatable bonds is 5. The van der Waals surface area contributed by atoms with E-state index in [9.17, 15) is 5.26 Å². The molecule has 1 heterocycles. The molecule has 0 aliphatic heterocycles. The highest BCUT2D eigenvalue weighted by atomic mass is 32.2. The van der Waals surface area contributed by atoms with Gasteiger partial charge in [-0.05, 0) is 27.7 Å². The summed E-state index contributed by atoms with van der Waals surface area (Å²) >= 11 is 1.55.